The Hall–Kier alpha value is -3.28. The van der Waals surface area contributed by atoms with Crippen molar-refractivity contribution in [1.29, 1.82) is 0 Å². The van der Waals surface area contributed by atoms with Gasteiger partial charge in [-0.2, -0.15) is 0 Å². The number of methoxy groups -OCH3 is 2. The summed E-state index contributed by atoms with van der Waals surface area (Å²) in [4.78, 5) is 24.5. The van der Waals surface area contributed by atoms with E-state index in [1.54, 1.807) is 20.1 Å². The van der Waals surface area contributed by atoms with Gasteiger partial charge in [-0.05, 0) is 63.1 Å². The standard InChI is InChI=1S/C22H24N2O4/c1-12-7-8-19(27-5)18(9-12)24-13(2)10-16(15(24)4)11-17-20(22(26)28-6)14(3)23-21(17)25/h7-11H,1-6H3,(H,23,25). The molecular weight excluding hydrogens is 356 g/mol. The van der Waals surface area contributed by atoms with E-state index in [4.69, 9.17) is 9.47 Å². The lowest BCUT2D eigenvalue weighted by Crippen LogP contribution is -2.15. The molecule has 2 aromatic rings. The summed E-state index contributed by atoms with van der Waals surface area (Å²) >= 11 is 0. The number of nitrogens with one attached hydrogen (secondary N) is 1. The first-order chi connectivity index (χ1) is 13.3. The minimum Gasteiger partial charge on any atom is -0.495 e. The quantitative estimate of drug-likeness (QED) is 0.652. The van der Waals surface area contributed by atoms with E-state index in [0.717, 1.165) is 34.0 Å². The van der Waals surface area contributed by atoms with Crippen LogP contribution in [0.5, 0.6) is 5.75 Å². The highest BCUT2D eigenvalue weighted by Gasteiger charge is 2.31. The van der Waals surface area contributed by atoms with Crippen molar-refractivity contribution in [3.63, 3.8) is 0 Å². The van der Waals surface area contributed by atoms with Gasteiger partial charge in [-0.25, -0.2) is 4.79 Å². The van der Waals surface area contributed by atoms with Crippen LogP contribution >= 0.6 is 0 Å². The van der Waals surface area contributed by atoms with Crippen LogP contribution in [0.1, 0.15) is 29.4 Å². The number of amides is 1. The zero-order valence-corrected chi connectivity index (χ0v) is 17.0. The molecule has 0 atom stereocenters. The summed E-state index contributed by atoms with van der Waals surface area (Å²) in [5.74, 6) is -0.0803. The van der Waals surface area contributed by atoms with E-state index in [0.29, 0.717) is 11.3 Å². The van der Waals surface area contributed by atoms with Crippen molar-refractivity contribution in [1.82, 2.24) is 9.88 Å². The molecule has 0 aliphatic carbocycles. The van der Waals surface area contributed by atoms with Crippen LogP contribution in [-0.4, -0.2) is 30.7 Å². The Morgan fingerprint density at radius 3 is 2.46 bits per heavy atom. The predicted octanol–water partition coefficient (Wildman–Crippen LogP) is 3.37. The van der Waals surface area contributed by atoms with Crippen molar-refractivity contribution in [2.75, 3.05) is 14.2 Å². The summed E-state index contributed by atoms with van der Waals surface area (Å²) in [5, 5.41) is 2.70. The van der Waals surface area contributed by atoms with Crippen LogP contribution in [0.25, 0.3) is 11.8 Å². The molecule has 0 spiro atoms. The highest BCUT2D eigenvalue weighted by atomic mass is 16.5. The average Bonchev–Trinajstić information content (AvgIpc) is 3.09. The summed E-state index contributed by atoms with van der Waals surface area (Å²) in [6.45, 7) is 7.68. The van der Waals surface area contributed by atoms with Crippen LogP contribution in [0.2, 0.25) is 0 Å². The minimum atomic E-state index is -0.531. The Balaban J connectivity index is 2.16. The molecule has 1 aromatic heterocycles. The first-order valence-corrected chi connectivity index (χ1v) is 8.95. The molecule has 1 aromatic carbocycles. The number of hydrogen-bond acceptors (Lipinski definition) is 4. The second kappa shape index (κ2) is 7.38. The van der Waals surface area contributed by atoms with E-state index < -0.39 is 5.97 Å². The van der Waals surface area contributed by atoms with Gasteiger partial charge < -0.3 is 19.4 Å². The van der Waals surface area contributed by atoms with E-state index in [-0.39, 0.29) is 11.5 Å². The van der Waals surface area contributed by atoms with Gasteiger partial charge in [-0.1, -0.05) is 6.07 Å². The molecule has 1 aliphatic heterocycles. The molecule has 6 heteroatoms. The number of carbonyl (C=O) groups is 2. The SMILES string of the molecule is COC(=O)C1=C(C)NC(=O)C1=Cc1cc(C)n(-c2cc(C)ccc2OC)c1C. The van der Waals surface area contributed by atoms with Crippen molar-refractivity contribution in [2.24, 2.45) is 0 Å². The zero-order chi connectivity index (χ0) is 20.6. The number of allylic oxidation sites excluding steroid dienone is 1. The molecule has 0 bridgehead atoms. The van der Waals surface area contributed by atoms with Gasteiger partial charge in [0.2, 0.25) is 0 Å². The minimum absolute atomic E-state index is 0.269. The highest BCUT2D eigenvalue weighted by molar-refractivity contribution is 6.16. The summed E-state index contributed by atoms with van der Waals surface area (Å²) in [5.41, 5.74) is 5.90. The number of rotatable bonds is 4. The third-order valence-electron chi connectivity index (χ3n) is 4.92. The first kappa shape index (κ1) is 19.5. The maximum absolute atomic E-state index is 12.4. The molecule has 0 unspecified atom stereocenters. The largest absolute Gasteiger partial charge is 0.495 e. The summed E-state index contributed by atoms with van der Waals surface area (Å²) < 4.78 is 12.5. The second-order valence-electron chi connectivity index (χ2n) is 6.84. The molecule has 28 heavy (non-hydrogen) atoms. The van der Waals surface area contributed by atoms with Crippen LogP contribution in [0.15, 0.2) is 41.1 Å². The molecule has 0 saturated carbocycles. The molecule has 2 heterocycles. The molecule has 0 radical (unpaired) electrons. The van der Waals surface area contributed by atoms with Gasteiger partial charge in [-0.3, -0.25) is 4.79 Å². The summed E-state index contributed by atoms with van der Waals surface area (Å²) in [7, 11) is 2.95. The predicted molar refractivity (Wildman–Crippen MR) is 107 cm³/mol. The smallest absolute Gasteiger partial charge is 0.340 e. The van der Waals surface area contributed by atoms with Crippen molar-refractivity contribution in [2.45, 2.75) is 27.7 Å². The number of carbonyl (C=O) groups excluding carboxylic acids is 2. The Morgan fingerprint density at radius 2 is 1.82 bits per heavy atom. The fourth-order valence-electron chi connectivity index (χ4n) is 3.55. The number of nitrogens with zero attached hydrogens (tertiary/aromatic N) is 1. The normalized spacial score (nSPS) is 15.2. The maximum Gasteiger partial charge on any atom is 0.340 e. The molecule has 1 aliphatic rings. The third-order valence-corrected chi connectivity index (χ3v) is 4.92. The molecule has 1 N–H and O–H groups in total. The lowest BCUT2D eigenvalue weighted by atomic mass is 10.0. The van der Waals surface area contributed by atoms with Crippen molar-refractivity contribution in [3.05, 3.63) is 63.6 Å². The first-order valence-electron chi connectivity index (χ1n) is 8.95. The Bertz CT molecular complexity index is 1040. The van der Waals surface area contributed by atoms with Gasteiger partial charge in [-0.15, -0.1) is 0 Å². The molecular formula is C22H24N2O4. The second-order valence-corrected chi connectivity index (χ2v) is 6.84. The fraction of sp³-hybridized carbons (Fsp3) is 0.273. The molecule has 3 rings (SSSR count). The topological polar surface area (TPSA) is 69.6 Å². The number of benzene rings is 1. The lowest BCUT2D eigenvalue weighted by Gasteiger charge is -2.15. The number of hydrogen-bond donors (Lipinski definition) is 1. The molecule has 0 saturated heterocycles. The number of ether oxygens (including phenoxy) is 2. The molecule has 0 fully saturated rings. The van der Waals surface area contributed by atoms with E-state index in [1.807, 2.05) is 39.0 Å². The van der Waals surface area contributed by atoms with Crippen molar-refractivity contribution < 1.29 is 19.1 Å². The van der Waals surface area contributed by atoms with Crippen molar-refractivity contribution in [3.8, 4) is 11.4 Å². The van der Waals surface area contributed by atoms with Crippen molar-refractivity contribution >= 4 is 18.0 Å². The van der Waals surface area contributed by atoms with Gasteiger partial charge in [0.05, 0.1) is 31.1 Å². The monoisotopic (exact) mass is 380 g/mol. The van der Waals surface area contributed by atoms with Crippen LogP contribution < -0.4 is 10.1 Å². The Morgan fingerprint density at radius 1 is 1.11 bits per heavy atom. The van der Waals surface area contributed by atoms with Gasteiger partial charge in [0.25, 0.3) is 5.91 Å². The molecule has 146 valence electrons. The van der Waals surface area contributed by atoms with Crippen LogP contribution in [0, 0.1) is 20.8 Å². The number of aromatic nitrogens is 1. The average molecular weight is 380 g/mol. The van der Waals surface area contributed by atoms with E-state index >= 15 is 0 Å². The maximum atomic E-state index is 12.4. The highest BCUT2D eigenvalue weighted by Crippen LogP contribution is 2.31. The van der Waals surface area contributed by atoms with E-state index in [1.165, 1.54) is 7.11 Å². The van der Waals surface area contributed by atoms with Crippen LogP contribution in [0.3, 0.4) is 0 Å². The molecule has 6 nitrogen and oxygen atoms in total. The van der Waals surface area contributed by atoms with Gasteiger partial charge in [0.1, 0.15) is 5.75 Å². The lowest BCUT2D eigenvalue weighted by molar-refractivity contribution is -0.136. The third kappa shape index (κ3) is 3.22. The Labute approximate surface area is 164 Å². The van der Waals surface area contributed by atoms with Gasteiger partial charge >= 0.3 is 5.97 Å². The van der Waals surface area contributed by atoms with E-state index in [2.05, 4.69) is 16.0 Å². The fourth-order valence-corrected chi connectivity index (χ4v) is 3.55. The van der Waals surface area contributed by atoms with E-state index in [9.17, 15) is 9.59 Å². The van der Waals surface area contributed by atoms with Gasteiger partial charge in [0, 0.05) is 17.1 Å². The summed E-state index contributed by atoms with van der Waals surface area (Å²) in [6, 6.07) is 7.98. The number of esters is 1. The van der Waals surface area contributed by atoms with Crippen LogP contribution in [0.4, 0.5) is 0 Å². The number of aryl methyl sites for hydroxylation is 2. The van der Waals surface area contributed by atoms with Gasteiger partial charge in [0.15, 0.2) is 0 Å². The Kier molecular flexibility index (Phi) is 5.14. The zero-order valence-electron chi connectivity index (χ0n) is 17.0. The van der Waals surface area contributed by atoms with Crippen LogP contribution in [-0.2, 0) is 14.3 Å². The molecule has 1 amide bonds. The summed E-state index contributed by atoms with van der Waals surface area (Å²) in [6.07, 6.45) is 1.74.